The number of carbonyl (C=O) groups excluding carboxylic acids is 2. The molecule has 2 bridgehead atoms. The quantitative estimate of drug-likeness (QED) is 0.632. The van der Waals surface area contributed by atoms with Crippen LogP contribution in [0, 0.1) is 11.8 Å². The van der Waals surface area contributed by atoms with Crippen LogP contribution in [0.1, 0.15) is 47.1 Å². The molecule has 1 aromatic carbocycles. The van der Waals surface area contributed by atoms with Crippen LogP contribution in [-0.2, 0) is 6.42 Å². The summed E-state index contributed by atoms with van der Waals surface area (Å²) in [5, 5.41) is 2.32. The van der Waals surface area contributed by atoms with Crippen molar-refractivity contribution >= 4 is 17.5 Å². The number of fused-ring (bicyclic) bond motifs is 2. The smallest absolute Gasteiger partial charge is 0.260 e. The molecule has 0 saturated heterocycles. The Labute approximate surface area is 107 Å². The Balaban J connectivity index is 2.51. The second kappa shape index (κ2) is 4.44. The fourth-order valence-corrected chi connectivity index (χ4v) is 2.15. The fraction of sp³-hybridized carbons (Fsp3) is 0.429. The summed E-state index contributed by atoms with van der Waals surface area (Å²) in [5.41, 5.74) is 8.13. The first kappa shape index (κ1) is 12.6. The molecule has 4 nitrogen and oxygen atoms in total. The van der Waals surface area contributed by atoms with E-state index in [0.717, 1.165) is 5.56 Å². The SMILES string of the molecule is CC(C)C(C)Cc1c2ccc(N)c1C(=O)NC2=O. The molecule has 0 saturated carbocycles. The average molecular weight is 246 g/mol. The molecule has 0 fully saturated rings. The van der Waals surface area contributed by atoms with E-state index in [2.05, 4.69) is 26.1 Å². The number of hydrogen-bond acceptors (Lipinski definition) is 3. The van der Waals surface area contributed by atoms with E-state index in [-0.39, 0.29) is 11.8 Å². The number of imide groups is 1. The zero-order valence-electron chi connectivity index (χ0n) is 10.9. The molecular weight excluding hydrogens is 228 g/mol. The maximum atomic E-state index is 11.8. The van der Waals surface area contributed by atoms with Gasteiger partial charge in [0.05, 0.1) is 5.56 Å². The Hall–Kier alpha value is -1.84. The summed E-state index contributed by atoms with van der Waals surface area (Å²) >= 11 is 0. The predicted octanol–water partition coefficient (Wildman–Crippen LogP) is 1.99. The average Bonchev–Trinajstić information content (AvgIpc) is 2.27. The summed E-state index contributed by atoms with van der Waals surface area (Å²) in [6, 6.07) is 3.33. The second-order valence-electron chi connectivity index (χ2n) is 5.26. The lowest BCUT2D eigenvalue weighted by Gasteiger charge is -2.24. The zero-order valence-corrected chi connectivity index (χ0v) is 10.9. The Kier molecular flexibility index (Phi) is 3.11. The molecule has 0 aliphatic carbocycles. The van der Waals surface area contributed by atoms with Gasteiger partial charge >= 0.3 is 0 Å². The van der Waals surface area contributed by atoms with Crippen LogP contribution in [0.4, 0.5) is 5.69 Å². The number of amides is 2. The van der Waals surface area contributed by atoms with Crippen molar-refractivity contribution in [2.75, 3.05) is 5.73 Å². The maximum Gasteiger partial charge on any atom is 0.260 e. The van der Waals surface area contributed by atoms with Gasteiger partial charge < -0.3 is 5.73 Å². The number of nitrogens with two attached hydrogens (primary N) is 1. The van der Waals surface area contributed by atoms with Crippen molar-refractivity contribution in [1.82, 2.24) is 5.32 Å². The van der Waals surface area contributed by atoms with Crippen LogP contribution in [0.2, 0.25) is 0 Å². The van der Waals surface area contributed by atoms with Gasteiger partial charge in [-0.2, -0.15) is 0 Å². The van der Waals surface area contributed by atoms with E-state index in [1.165, 1.54) is 0 Å². The highest BCUT2D eigenvalue weighted by Crippen LogP contribution is 2.29. The summed E-state index contributed by atoms with van der Waals surface area (Å²) in [4.78, 5) is 23.6. The number of hydrogen-bond donors (Lipinski definition) is 2. The highest BCUT2D eigenvalue weighted by Gasteiger charge is 2.29. The van der Waals surface area contributed by atoms with Gasteiger partial charge in [-0.25, -0.2) is 0 Å². The molecule has 96 valence electrons. The minimum atomic E-state index is -0.378. The Morgan fingerprint density at radius 1 is 1.17 bits per heavy atom. The molecule has 1 atom stereocenters. The molecule has 18 heavy (non-hydrogen) atoms. The van der Waals surface area contributed by atoms with Crippen LogP contribution < -0.4 is 11.1 Å². The topological polar surface area (TPSA) is 72.2 Å². The number of nitrogens with one attached hydrogen (secondary N) is 1. The highest BCUT2D eigenvalue weighted by atomic mass is 16.2. The van der Waals surface area contributed by atoms with Crippen molar-refractivity contribution in [3.63, 3.8) is 0 Å². The van der Waals surface area contributed by atoms with Crippen LogP contribution in [0.25, 0.3) is 0 Å². The highest BCUT2D eigenvalue weighted by molar-refractivity contribution is 6.18. The summed E-state index contributed by atoms with van der Waals surface area (Å²) in [7, 11) is 0. The van der Waals surface area contributed by atoms with Crippen LogP contribution in [0.5, 0.6) is 0 Å². The molecule has 1 heterocycles. The molecule has 1 aromatic rings. The first-order valence-electron chi connectivity index (χ1n) is 6.18. The van der Waals surface area contributed by atoms with E-state index in [1.54, 1.807) is 12.1 Å². The number of nitrogen functional groups attached to an aromatic ring is 1. The largest absolute Gasteiger partial charge is 0.398 e. The number of anilines is 1. The van der Waals surface area contributed by atoms with Gasteiger partial charge in [0.25, 0.3) is 11.8 Å². The van der Waals surface area contributed by atoms with Gasteiger partial charge in [-0.05, 0) is 36.0 Å². The lowest BCUT2D eigenvalue weighted by molar-refractivity contribution is 0.0838. The molecular formula is C14H18N2O2. The minimum Gasteiger partial charge on any atom is -0.398 e. The molecule has 3 N–H and O–H groups in total. The van der Waals surface area contributed by atoms with Gasteiger partial charge in [-0.3, -0.25) is 14.9 Å². The molecule has 1 aliphatic heterocycles. The lowest BCUT2D eigenvalue weighted by Crippen LogP contribution is -2.38. The number of benzene rings is 1. The van der Waals surface area contributed by atoms with E-state index in [0.29, 0.717) is 35.1 Å². The van der Waals surface area contributed by atoms with Crippen molar-refractivity contribution in [1.29, 1.82) is 0 Å². The van der Waals surface area contributed by atoms with E-state index < -0.39 is 0 Å². The second-order valence-corrected chi connectivity index (χ2v) is 5.26. The lowest BCUT2D eigenvalue weighted by atomic mass is 9.84. The van der Waals surface area contributed by atoms with Crippen molar-refractivity contribution < 1.29 is 9.59 Å². The van der Waals surface area contributed by atoms with Crippen molar-refractivity contribution in [2.45, 2.75) is 27.2 Å². The third-order valence-electron chi connectivity index (χ3n) is 3.71. The first-order valence-corrected chi connectivity index (χ1v) is 6.18. The van der Waals surface area contributed by atoms with E-state index in [9.17, 15) is 9.59 Å². The van der Waals surface area contributed by atoms with Gasteiger partial charge in [0.15, 0.2) is 0 Å². The molecule has 2 rings (SSSR count). The van der Waals surface area contributed by atoms with Gasteiger partial charge in [-0.15, -0.1) is 0 Å². The van der Waals surface area contributed by atoms with Crippen molar-refractivity contribution in [3.05, 3.63) is 28.8 Å². The molecule has 0 radical (unpaired) electrons. The van der Waals surface area contributed by atoms with E-state index in [1.807, 2.05) is 0 Å². The summed E-state index contributed by atoms with van der Waals surface area (Å²) in [6.45, 7) is 6.37. The fourth-order valence-electron chi connectivity index (χ4n) is 2.15. The Bertz CT molecular complexity index is 521. The van der Waals surface area contributed by atoms with E-state index in [4.69, 9.17) is 5.73 Å². The van der Waals surface area contributed by atoms with Gasteiger partial charge in [0.1, 0.15) is 0 Å². The van der Waals surface area contributed by atoms with E-state index >= 15 is 0 Å². The van der Waals surface area contributed by atoms with Crippen molar-refractivity contribution in [2.24, 2.45) is 11.8 Å². The normalized spacial score (nSPS) is 15.8. The number of rotatable bonds is 3. The summed E-state index contributed by atoms with van der Waals surface area (Å²) < 4.78 is 0. The molecule has 0 spiro atoms. The standard InChI is InChI=1S/C14H18N2O2/c1-7(2)8(3)6-10-9-4-5-11(15)12(10)14(18)16-13(9)17/h4-5,7-8H,6,15H2,1-3H3,(H,16,17,18). The summed E-state index contributed by atoms with van der Waals surface area (Å²) in [6.07, 6.45) is 0.701. The van der Waals surface area contributed by atoms with Crippen LogP contribution in [0.15, 0.2) is 12.1 Å². The van der Waals surface area contributed by atoms with Gasteiger partial charge in [0, 0.05) is 11.3 Å². The minimum absolute atomic E-state index is 0.321. The molecule has 1 unspecified atom stereocenters. The molecule has 2 amide bonds. The first-order chi connectivity index (χ1) is 8.41. The Morgan fingerprint density at radius 2 is 1.83 bits per heavy atom. The van der Waals surface area contributed by atoms with Crippen LogP contribution in [0.3, 0.4) is 0 Å². The third kappa shape index (κ3) is 1.98. The Morgan fingerprint density at radius 3 is 2.44 bits per heavy atom. The van der Waals surface area contributed by atoms with Crippen LogP contribution in [-0.4, -0.2) is 11.8 Å². The predicted molar refractivity (Wildman–Crippen MR) is 70.4 cm³/mol. The summed E-state index contributed by atoms with van der Waals surface area (Å²) in [5.74, 6) is 0.183. The van der Waals surface area contributed by atoms with Gasteiger partial charge in [0.2, 0.25) is 0 Å². The molecule has 4 heteroatoms. The third-order valence-corrected chi connectivity index (χ3v) is 3.71. The molecule has 1 aliphatic rings. The van der Waals surface area contributed by atoms with Crippen LogP contribution >= 0.6 is 0 Å². The zero-order chi connectivity index (χ0) is 13.4. The molecule has 0 aromatic heterocycles. The van der Waals surface area contributed by atoms with Gasteiger partial charge in [-0.1, -0.05) is 20.8 Å². The van der Waals surface area contributed by atoms with Crippen molar-refractivity contribution in [3.8, 4) is 0 Å². The maximum absolute atomic E-state index is 11.8. The monoisotopic (exact) mass is 246 g/mol. The number of carbonyl (C=O) groups is 2.